The van der Waals surface area contributed by atoms with Crippen molar-refractivity contribution in [2.45, 2.75) is 25.8 Å². The van der Waals surface area contributed by atoms with Crippen LogP contribution in [0.1, 0.15) is 24.7 Å². The number of fused-ring (bicyclic) bond motifs is 1. The van der Waals surface area contributed by atoms with Crippen LogP contribution in [0.4, 0.5) is 0 Å². The van der Waals surface area contributed by atoms with Crippen molar-refractivity contribution in [1.29, 1.82) is 0 Å². The van der Waals surface area contributed by atoms with E-state index in [2.05, 4.69) is 46.1 Å². The van der Waals surface area contributed by atoms with Gasteiger partial charge in [0.05, 0.1) is 11.0 Å². The van der Waals surface area contributed by atoms with Gasteiger partial charge in [0.15, 0.2) is 0 Å². The molecular formula is C13H17N3. The van der Waals surface area contributed by atoms with Gasteiger partial charge < -0.3 is 9.88 Å². The zero-order chi connectivity index (χ0) is 11.0. The van der Waals surface area contributed by atoms with Gasteiger partial charge in [0.2, 0.25) is 0 Å². The van der Waals surface area contributed by atoms with Crippen molar-refractivity contribution < 1.29 is 0 Å². The first-order valence-electron chi connectivity index (χ1n) is 6.00. The maximum atomic E-state index is 4.62. The third-order valence-corrected chi connectivity index (χ3v) is 3.41. The van der Waals surface area contributed by atoms with Crippen LogP contribution in [0.3, 0.4) is 0 Å². The Bertz CT molecular complexity index is 495. The molecule has 2 heterocycles. The highest BCUT2D eigenvalue weighted by Gasteiger charge is 2.18. The average molecular weight is 215 g/mol. The van der Waals surface area contributed by atoms with Gasteiger partial charge in [0.1, 0.15) is 5.82 Å². The van der Waals surface area contributed by atoms with Crippen molar-refractivity contribution in [2.75, 3.05) is 13.1 Å². The van der Waals surface area contributed by atoms with E-state index in [0.29, 0.717) is 6.04 Å². The van der Waals surface area contributed by atoms with Crippen LogP contribution in [0.5, 0.6) is 0 Å². The lowest BCUT2D eigenvalue weighted by molar-refractivity contribution is 0.373. The highest BCUT2D eigenvalue weighted by atomic mass is 15.1. The Morgan fingerprint density at radius 2 is 2.25 bits per heavy atom. The monoisotopic (exact) mass is 215 g/mol. The predicted molar refractivity (Wildman–Crippen MR) is 65.6 cm³/mol. The summed E-state index contributed by atoms with van der Waals surface area (Å²) in [5.41, 5.74) is 2.39. The maximum Gasteiger partial charge on any atom is 0.107 e. The van der Waals surface area contributed by atoms with E-state index in [0.717, 1.165) is 24.4 Å². The van der Waals surface area contributed by atoms with E-state index in [4.69, 9.17) is 0 Å². The minimum absolute atomic E-state index is 0.571. The van der Waals surface area contributed by atoms with E-state index in [1.807, 2.05) is 0 Å². The number of nitrogens with zero attached hydrogens (tertiary/aromatic N) is 2. The summed E-state index contributed by atoms with van der Waals surface area (Å²) in [6, 6.07) is 8.98. The number of benzene rings is 1. The molecule has 3 nitrogen and oxygen atoms in total. The summed E-state index contributed by atoms with van der Waals surface area (Å²) in [6.45, 7) is 4.33. The number of hydrogen-bond donors (Lipinski definition) is 1. The van der Waals surface area contributed by atoms with Gasteiger partial charge in [0, 0.05) is 12.6 Å². The van der Waals surface area contributed by atoms with Crippen LogP contribution in [0, 0.1) is 6.92 Å². The first-order valence-corrected chi connectivity index (χ1v) is 6.00. The lowest BCUT2D eigenvalue weighted by Crippen LogP contribution is -2.32. The number of rotatable bonds is 1. The molecular weight excluding hydrogens is 198 g/mol. The third-order valence-electron chi connectivity index (χ3n) is 3.41. The lowest BCUT2D eigenvalue weighted by atomic mass is 10.1. The summed E-state index contributed by atoms with van der Waals surface area (Å²) in [4.78, 5) is 4.62. The van der Waals surface area contributed by atoms with Gasteiger partial charge in [-0.1, -0.05) is 12.1 Å². The fourth-order valence-corrected chi connectivity index (χ4v) is 2.68. The molecule has 0 amide bonds. The van der Waals surface area contributed by atoms with E-state index in [9.17, 15) is 0 Å². The van der Waals surface area contributed by atoms with Crippen molar-refractivity contribution in [3.63, 3.8) is 0 Å². The van der Waals surface area contributed by atoms with Crippen LogP contribution in [0.15, 0.2) is 24.3 Å². The second-order valence-electron chi connectivity index (χ2n) is 4.52. The molecule has 0 spiro atoms. The summed E-state index contributed by atoms with van der Waals surface area (Å²) in [7, 11) is 0. The second-order valence-corrected chi connectivity index (χ2v) is 4.52. The molecule has 0 radical (unpaired) electrons. The van der Waals surface area contributed by atoms with Crippen LogP contribution < -0.4 is 5.32 Å². The Hall–Kier alpha value is -1.35. The zero-order valence-corrected chi connectivity index (χ0v) is 9.61. The molecule has 1 aliphatic rings. The van der Waals surface area contributed by atoms with Crippen LogP contribution in [0.25, 0.3) is 11.0 Å². The number of aryl methyl sites for hydroxylation is 1. The summed E-state index contributed by atoms with van der Waals surface area (Å²) >= 11 is 0. The van der Waals surface area contributed by atoms with Crippen LogP contribution in [-0.4, -0.2) is 22.6 Å². The lowest BCUT2D eigenvalue weighted by Gasteiger charge is -2.25. The Morgan fingerprint density at radius 1 is 1.38 bits per heavy atom. The van der Waals surface area contributed by atoms with Gasteiger partial charge in [-0.15, -0.1) is 0 Å². The Morgan fingerprint density at radius 3 is 3.06 bits per heavy atom. The molecule has 0 aliphatic carbocycles. The van der Waals surface area contributed by atoms with Crippen molar-refractivity contribution in [3.05, 3.63) is 30.1 Å². The molecule has 84 valence electrons. The normalized spacial score (nSPS) is 21.4. The van der Waals surface area contributed by atoms with Gasteiger partial charge in [0.25, 0.3) is 0 Å². The molecule has 1 aliphatic heterocycles. The predicted octanol–water partition coefficient (Wildman–Crippen LogP) is 2.27. The van der Waals surface area contributed by atoms with Crippen LogP contribution >= 0.6 is 0 Å². The van der Waals surface area contributed by atoms with E-state index < -0.39 is 0 Å². The minimum Gasteiger partial charge on any atom is -0.324 e. The van der Waals surface area contributed by atoms with E-state index in [-0.39, 0.29) is 0 Å². The highest BCUT2D eigenvalue weighted by molar-refractivity contribution is 5.76. The smallest absolute Gasteiger partial charge is 0.107 e. The molecule has 1 atom stereocenters. The molecule has 1 fully saturated rings. The van der Waals surface area contributed by atoms with Gasteiger partial charge in [-0.2, -0.15) is 0 Å². The van der Waals surface area contributed by atoms with Crippen LogP contribution in [-0.2, 0) is 0 Å². The molecule has 0 saturated carbocycles. The molecule has 1 saturated heterocycles. The first kappa shape index (κ1) is 9.85. The highest BCUT2D eigenvalue weighted by Crippen LogP contribution is 2.24. The second kappa shape index (κ2) is 3.91. The quantitative estimate of drug-likeness (QED) is 0.791. The summed E-state index contributed by atoms with van der Waals surface area (Å²) in [5, 5.41) is 3.47. The number of para-hydroxylation sites is 2. The SMILES string of the molecule is Cc1nc2ccccc2n1[C@@H]1CCCNC1. The summed E-state index contributed by atoms with van der Waals surface area (Å²) < 4.78 is 2.39. The van der Waals surface area contributed by atoms with Gasteiger partial charge in [-0.3, -0.25) is 0 Å². The standard InChI is InChI=1S/C13H17N3/c1-10-15-12-6-2-3-7-13(12)16(10)11-5-4-8-14-9-11/h2-3,6-7,11,14H,4-5,8-9H2,1H3/t11-/m1/s1. The Balaban J connectivity index is 2.10. The molecule has 16 heavy (non-hydrogen) atoms. The summed E-state index contributed by atoms with van der Waals surface area (Å²) in [6.07, 6.45) is 2.52. The Kier molecular flexibility index (Phi) is 2.40. The number of piperidine rings is 1. The van der Waals surface area contributed by atoms with Crippen LogP contribution in [0.2, 0.25) is 0 Å². The van der Waals surface area contributed by atoms with E-state index in [1.54, 1.807) is 0 Å². The van der Waals surface area contributed by atoms with E-state index >= 15 is 0 Å². The Labute approximate surface area is 95.5 Å². The fraction of sp³-hybridized carbons (Fsp3) is 0.462. The molecule has 0 unspecified atom stereocenters. The third kappa shape index (κ3) is 1.52. The van der Waals surface area contributed by atoms with Gasteiger partial charge in [-0.05, 0) is 38.4 Å². The number of nitrogens with one attached hydrogen (secondary N) is 1. The number of imidazole rings is 1. The molecule has 3 rings (SSSR count). The largest absolute Gasteiger partial charge is 0.324 e. The molecule has 2 aromatic rings. The van der Waals surface area contributed by atoms with E-state index in [1.165, 1.54) is 18.4 Å². The first-order chi connectivity index (χ1) is 7.86. The molecule has 3 heteroatoms. The maximum absolute atomic E-state index is 4.62. The van der Waals surface area contributed by atoms with Crippen molar-refractivity contribution in [2.24, 2.45) is 0 Å². The summed E-state index contributed by atoms with van der Waals surface area (Å²) in [5.74, 6) is 1.13. The average Bonchev–Trinajstić information content (AvgIpc) is 2.66. The topological polar surface area (TPSA) is 29.9 Å². The fourth-order valence-electron chi connectivity index (χ4n) is 2.68. The number of aromatic nitrogens is 2. The molecule has 1 aromatic heterocycles. The van der Waals surface area contributed by atoms with Gasteiger partial charge >= 0.3 is 0 Å². The molecule has 0 bridgehead atoms. The van der Waals surface area contributed by atoms with Crippen molar-refractivity contribution >= 4 is 11.0 Å². The van der Waals surface area contributed by atoms with Crippen molar-refractivity contribution in [1.82, 2.24) is 14.9 Å². The molecule has 1 aromatic carbocycles. The minimum atomic E-state index is 0.571. The number of hydrogen-bond acceptors (Lipinski definition) is 2. The molecule has 1 N–H and O–H groups in total. The zero-order valence-electron chi connectivity index (χ0n) is 9.61. The van der Waals surface area contributed by atoms with Crippen molar-refractivity contribution in [3.8, 4) is 0 Å². The van der Waals surface area contributed by atoms with Gasteiger partial charge in [-0.25, -0.2) is 4.98 Å².